The van der Waals surface area contributed by atoms with Crippen LogP contribution in [-0.4, -0.2) is 39.2 Å². The monoisotopic (exact) mass is 218 g/mol. The van der Waals surface area contributed by atoms with Gasteiger partial charge in [-0.1, -0.05) is 0 Å². The van der Waals surface area contributed by atoms with E-state index in [1.54, 1.807) is 16.7 Å². The van der Waals surface area contributed by atoms with E-state index in [4.69, 9.17) is 0 Å². The molecule has 0 saturated carbocycles. The van der Waals surface area contributed by atoms with Crippen LogP contribution in [-0.2, 0) is 9.63 Å². The minimum Gasteiger partial charge on any atom is -0.329 e. The maximum absolute atomic E-state index is 11.1. The number of hydrogen-bond donors (Lipinski definition) is 0. The lowest BCUT2D eigenvalue weighted by Crippen LogP contribution is -2.48. The first-order valence-corrected chi connectivity index (χ1v) is 5.13. The highest BCUT2D eigenvalue weighted by atomic mass is 32.2. The summed E-state index contributed by atoms with van der Waals surface area (Å²) in [5.41, 5.74) is 0. The van der Waals surface area contributed by atoms with Crippen molar-refractivity contribution >= 4 is 17.7 Å². The third-order valence-electron chi connectivity index (χ3n) is 2.42. The molecule has 0 spiro atoms. The second-order valence-electron chi connectivity index (χ2n) is 3.75. The standard InChI is InChI=1S/C7H10N2O4S/c1-7(4-13-9(11)12)3-8-5(10)2-6(8)14-7/h6H,2-4H2,1H3/t6-,7?/m1/s1. The van der Waals surface area contributed by atoms with Gasteiger partial charge in [-0.05, 0) is 6.92 Å². The molecule has 2 aliphatic heterocycles. The van der Waals surface area contributed by atoms with Crippen LogP contribution in [0.25, 0.3) is 0 Å². The highest BCUT2D eigenvalue weighted by Crippen LogP contribution is 2.46. The zero-order chi connectivity index (χ0) is 10.3. The number of nitrogens with zero attached hydrogens (tertiary/aromatic N) is 2. The van der Waals surface area contributed by atoms with Crippen LogP contribution in [0.5, 0.6) is 0 Å². The third-order valence-corrected chi connectivity index (χ3v) is 3.93. The topological polar surface area (TPSA) is 72.7 Å². The van der Waals surface area contributed by atoms with Crippen molar-refractivity contribution in [2.45, 2.75) is 23.5 Å². The molecular formula is C7H10N2O4S. The quantitative estimate of drug-likeness (QED) is 0.386. The summed E-state index contributed by atoms with van der Waals surface area (Å²) in [6, 6.07) is 0. The molecule has 0 N–H and O–H groups in total. The molecule has 0 aromatic heterocycles. The molecule has 0 radical (unpaired) electrons. The zero-order valence-electron chi connectivity index (χ0n) is 7.63. The van der Waals surface area contributed by atoms with Gasteiger partial charge in [-0.25, -0.2) is 0 Å². The zero-order valence-corrected chi connectivity index (χ0v) is 8.45. The van der Waals surface area contributed by atoms with E-state index in [0.29, 0.717) is 13.0 Å². The second kappa shape index (κ2) is 3.01. The van der Waals surface area contributed by atoms with E-state index < -0.39 is 5.09 Å². The van der Waals surface area contributed by atoms with Crippen LogP contribution in [0, 0.1) is 10.1 Å². The first-order chi connectivity index (χ1) is 6.50. The molecule has 2 aliphatic rings. The lowest BCUT2D eigenvalue weighted by atomic mass is 10.1. The first kappa shape index (κ1) is 9.57. The predicted octanol–water partition coefficient (Wildman–Crippen LogP) is 0.259. The van der Waals surface area contributed by atoms with Crippen molar-refractivity contribution < 1.29 is 14.7 Å². The Morgan fingerprint density at radius 3 is 3.07 bits per heavy atom. The molecule has 2 heterocycles. The normalized spacial score (nSPS) is 35.1. The van der Waals surface area contributed by atoms with E-state index in [2.05, 4.69) is 4.84 Å². The number of carbonyl (C=O) groups is 1. The van der Waals surface area contributed by atoms with Crippen LogP contribution in [0.15, 0.2) is 0 Å². The summed E-state index contributed by atoms with van der Waals surface area (Å²) in [6.07, 6.45) is 0.554. The van der Waals surface area contributed by atoms with Gasteiger partial charge in [0.05, 0.1) is 16.5 Å². The van der Waals surface area contributed by atoms with Gasteiger partial charge in [-0.15, -0.1) is 21.9 Å². The van der Waals surface area contributed by atoms with E-state index in [9.17, 15) is 14.9 Å². The van der Waals surface area contributed by atoms with Crippen LogP contribution in [0.2, 0.25) is 0 Å². The Morgan fingerprint density at radius 2 is 2.57 bits per heavy atom. The molecule has 2 fully saturated rings. The van der Waals surface area contributed by atoms with Gasteiger partial charge in [0.25, 0.3) is 5.09 Å². The molecule has 0 bridgehead atoms. The molecule has 2 rings (SSSR count). The fourth-order valence-corrected chi connectivity index (χ4v) is 3.25. The van der Waals surface area contributed by atoms with Gasteiger partial charge in [0.2, 0.25) is 5.91 Å². The minimum atomic E-state index is -0.789. The molecule has 2 atom stereocenters. The maximum Gasteiger partial charge on any atom is 0.294 e. The van der Waals surface area contributed by atoms with Crippen LogP contribution in [0.1, 0.15) is 13.3 Å². The number of amides is 1. The number of β-lactam (4-membered cyclic amide) rings is 1. The van der Waals surface area contributed by atoms with Crippen LogP contribution in [0.3, 0.4) is 0 Å². The van der Waals surface area contributed by atoms with Crippen LogP contribution < -0.4 is 0 Å². The summed E-state index contributed by atoms with van der Waals surface area (Å²) in [4.78, 5) is 27.2. The Kier molecular flexibility index (Phi) is 2.06. The Bertz CT molecular complexity index is 297. The van der Waals surface area contributed by atoms with Crippen LogP contribution >= 0.6 is 11.8 Å². The van der Waals surface area contributed by atoms with Gasteiger partial charge >= 0.3 is 0 Å². The van der Waals surface area contributed by atoms with Crippen LogP contribution in [0.4, 0.5) is 0 Å². The van der Waals surface area contributed by atoms with Crippen molar-refractivity contribution in [1.82, 2.24) is 4.90 Å². The van der Waals surface area contributed by atoms with E-state index >= 15 is 0 Å². The second-order valence-corrected chi connectivity index (χ2v) is 5.51. The van der Waals surface area contributed by atoms with Gasteiger partial charge in [0, 0.05) is 6.54 Å². The lowest BCUT2D eigenvalue weighted by molar-refractivity contribution is -0.758. The Hall–Kier alpha value is -0.980. The predicted molar refractivity (Wildman–Crippen MR) is 49.1 cm³/mol. The average Bonchev–Trinajstić information content (AvgIpc) is 2.37. The van der Waals surface area contributed by atoms with Crippen molar-refractivity contribution in [1.29, 1.82) is 0 Å². The Balaban J connectivity index is 1.92. The number of rotatable bonds is 3. The maximum atomic E-state index is 11.1. The van der Waals surface area contributed by atoms with Crippen molar-refractivity contribution in [2.24, 2.45) is 0 Å². The van der Waals surface area contributed by atoms with E-state index in [-0.39, 0.29) is 22.6 Å². The first-order valence-electron chi connectivity index (χ1n) is 4.25. The largest absolute Gasteiger partial charge is 0.329 e. The molecular weight excluding hydrogens is 208 g/mol. The van der Waals surface area contributed by atoms with Gasteiger partial charge < -0.3 is 9.74 Å². The van der Waals surface area contributed by atoms with Gasteiger partial charge in [-0.3, -0.25) is 4.79 Å². The SMILES string of the molecule is CC1(CO[N+](=O)[O-])CN2C(=O)C[C@H]2S1. The number of fused-ring (bicyclic) bond motifs is 1. The van der Waals surface area contributed by atoms with Crippen molar-refractivity contribution in [3.05, 3.63) is 10.1 Å². The smallest absolute Gasteiger partial charge is 0.294 e. The lowest BCUT2D eigenvalue weighted by Gasteiger charge is -2.32. The number of carbonyl (C=O) groups excluding carboxylic acids is 1. The molecule has 78 valence electrons. The third kappa shape index (κ3) is 1.52. The average molecular weight is 218 g/mol. The Morgan fingerprint density at radius 1 is 1.86 bits per heavy atom. The van der Waals surface area contributed by atoms with E-state index in [1.807, 2.05) is 6.92 Å². The summed E-state index contributed by atoms with van der Waals surface area (Å²) in [6.45, 7) is 2.48. The summed E-state index contributed by atoms with van der Waals surface area (Å²) in [7, 11) is 0. The fourth-order valence-electron chi connectivity index (χ4n) is 1.72. The van der Waals surface area contributed by atoms with Crippen molar-refractivity contribution in [3.8, 4) is 0 Å². The minimum absolute atomic E-state index is 0.0466. The fraction of sp³-hybridized carbons (Fsp3) is 0.857. The summed E-state index contributed by atoms with van der Waals surface area (Å²) in [5.74, 6) is 0.132. The molecule has 1 unspecified atom stereocenters. The van der Waals surface area contributed by atoms with Gasteiger partial charge in [0.1, 0.15) is 6.61 Å². The molecule has 6 nitrogen and oxygen atoms in total. The molecule has 1 amide bonds. The molecule has 14 heavy (non-hydrogen) atoms. The number of thioether (sulfide) groups is 1. The summed E-state index contributed by atoms with van der Waals surface area (Å²) >= 11 is 1.58. The molecule has 0 aliphatic carbocycles. The molecule has 0 aromatic carbocycles. The van der Waals surface area contributed by atoms with Gasteiger partial charge in [0.15, 0.2) is 0 Å². The molecule has 0 aromatic rings. The molecule has 7 heteroatoms. The van der Waals surface area contributed by atoms with Crippen molar-refractivity contribution in [2.75, 3.05) is 13.2 Å². The molecule has 2 saturated heterocycles. The Labute approximate surface area is 84.7 Å². The highest BCUT2D eigenvalue weighted by molar-refractivity contribution is 8.01. The van der Waals surface area contributed by atoms with E-state index in [0.717, 1.165) is 0 Å². The number of hydrogen-bond acceptors (Lipinski definition) is 5. The highest BCUT2D eigenvalue weighted by Gasteiger charge is 2.50. The van der Waals surface area contributed by atoms with Gasteiger partial charge in [-0.2, -0.15) is 0 Å². The van der Waals surface area contributed by atoms with Crippen molar-refractivity contribution in [3.63, 3.8) is 0 Å². The summed E-state index contributed by atoms with van der Waals surface area (Å²) in [5, 5.41) is 9.46. The van der Waals surface area contributed by atoms with E-state index in [1.165, 1.54) is 0 Å². The summed E-state index contributed by atoms with van der Waals surface area (Å²) < 4.78 is -0.329.